The Labute approximate surface area is 123 Å². The van der Waals surface area contributed by atoms with E-state index in [1.807, 2.05) is 18.2 Å². The van der Waals surface area contributed by atoms with Crippen molar-refractivity contribution in [1.82, 2.24) is 9.36 Å². The molecule has 1 aromatic heterocycles. The van der Waals surface area contributed by atoms with Crippen LogP contribution in [0.1, 0.15) is 0 Å². The van der Waals surface area contributed by atoms with Gasteiger partial charge in [-0.3, -0.25) is 0 Å². The molecule has 0 saturated carbocycles. The minimum atomic E-state index is 0.640. The van der Waals surface area contributed by atoms with Crippen LogP contribution in [0.2, 0.25) is 5.02 Å². The predicted molar refractivity (Wildman–Crippen MR) is 78.4 cm³/mol. The van der Waals surface area contributed by atoms with Gasteiger partial charge in [0.15, 0.2) is 5.82 Å². The van der Waals surface area contributed by atoms with E-state index in [9.17, 15) is 0 Å². The first-order valence-electron chi connectivity index (χ1n) is 5.22. The fourth-order valence-electron chi connectivity index (χ4n) is 1.31. The molecule has 1 N–H and O–H groups in total. The first kappa shape index (κ1) is 13.7. The van der Waals surface area contributed by atoms with E-state index in [-0.39, 0.29) is 0 Å². The standard InChI is InChI=1S/C11H11BrClN3OS/c1-17-5-4-14-11-15-10(16-18-11)7-2-3-9(13)8(12)6-7/h2-3,6H,4-5H2,1H3,(H,14,15,16). The average Bonchev–Trinajstić information content (AvgIpc) is 2.82. The first-order valence-corrected chi connectivity index (χ1v) is 7.17. The fraction of sp³-hybridized carbons (Fsp3) is 0.273. The summed E-state index contributed by atoms with van der Waals surface area (Å²) in [5.41, 5.74) is 0.933. The van der Waals surface area contributed by atoms with Crippen molar-refractivity contribution < 1.29 is 4.74 Å². The average molecular weight is 349 g/mol. The first-order chi connectivity index (χ1) is 8.70. The molecule has 18 heavy (non-hydrogen) atoms. The van der Waals surface area contributed by atoms with Gasteiger partial charge in [0.05, 0.1) is 11.6 Å². The van der Waals surface area contributed by atoms with Crippen molar-refractivity contribution in [3.63, 3.8) is 0 Å². The smallest absolute Gasteiger partial charge is 0.202 e. The maximum absolute atomic E-state index is 5.95. The number of hydrogen-bond donors (Lipinski definition) is 1. The van der Waals surface area contributed by atoms with Crippen LogP contribution in [0, 0.1) is 0 Å². The van der Waals surface area contributed by atoms with Gasteiger partial charge in [0.2, 0.25) is 5.13 Å². The number of nitrogens with zero attached hydrogens (tertiary/aromatic N) is 2. The fourth-order valence-corrected chi connectivity index (χ4v) is 2.42. The van der Waals surface area contributed by atoms with E-state index >= 15 is 0 Å². The third-order valence-corrected chi connectivity index (χ3v) is 4.07. The van der Waals surface area contributed by atoms with E-state index in [1.54, 1.807) is 7.11 Å². The lowest BCUT2D eigenvalue weighted by Crippen LogP contribution is -2.06. The summed E-state index contributed by atoms with van der Waals surface area (Å²) in [5, 5.41) is 4.60. The molecule has 0 amide bonds. The highest BCUT2D eigenvalue weighted by atomic mass is 79.9. The molecule has 0 saturated heterocycles. The molecule has 96 valence electrons. The lowest BCUT2D eigenvalue weighted by atomic mass is 10.2. The summed E-state index contributed by atoms with van der Waals surface area (Å²) in [6.07, 6.45) is 0. The van der Waals surface area contributed by atoms with Crippen molar-refractivity contribution >= 4 is 44.2 Å². The third-order valence-electron chi connectivity index (χ3n) is 2.19. The molecule has 0 aliphatic rings. The van der Waals surface area contributed by atoms with E-state index in [1.165, 1.54) is 11.5 Å². The minimum Gasteiger partial charge on any atom is -0.383 e. The Kier molecular flexibility index (Phi) is 4.94. The molecule has 0 aliphatic carbocycles. The van der Waals surface area contributed by atoms with Gasteiger partial charge in [-0.15, -0.1) is 0 Å². The predicted octanol–water partition coefficient (Wildman–Crippen LogP) is 3.68. The summed E-state index contributed by atoms with van der Waals surface area (Å²) in [5.74, 6) is 0.692. The molecular weight excluding hydrogens is 338 g/mol. The normalized spacial score (nSPS) is 10.6. The van der Waals surface area contributed by atoms with Crippen LogP contribution >= 0.6 is 39.1 Å². The van der Waals surface area contributed by atoms with Gasteiger partial charge in [0.25, 0.3) is 0 Å². The second-order valence-corrected chi connectivity index (χ2v) is 5.48. The molecule has 4 nitrogen and oxygen atoms in total. The van der Waals surface area contributed by atoms with Gasteiger partial charge in [0, 0.05) is 35.2 Å². The molecule has 0 bridgehead atoms. The number of benzene rings is 1. The Morgan fingerprint density at radius 1 is 1.50 bits per heavy atom. The van der Waals surface area contributed by atoms with Crippen LogP contribution in [0.4, 0.5) is 5.13 Å². The van der Waals surface area contributed by atoms with Gasteiger partial charge >= 0.3 is 0 Å². The van der Waals surface area contributed by atoms with Crippen LogP contribution in [-0.2, 0) is 4.74 Å². The van der Waals surface area contributed by atoms with E-state index < -0.39 is 0 Å². The molecule has 0 radical (unpaired) electrons. The van der Waals surface area contributed by atoms with Crippen LogP contribution in [0.5, 0.6) is 0 Å². The Balaban J connectivity index is 2.11. The van der Waals surface area contributed by atoms with Crippen molar-refractivity contribution in [2.24, 2.45) is 0 Å². The topological polar surface area (TPSA) is 47.0 Å². The molecule has 7 heteroatoms. The maximum Gasteiger partial charge on any atom is 0.202 e. The van der Waals surface area contributed by atoms with Crippen molar-refractivity contribution in [2.75, 3.05) is 25.6 Å². The number of aromatic nitrogens is 2. The van der Waals surface area contributed by atoms with Gasteiger partial charge in [-0.2, -0.15) is 9.36 Å². The molecule has 1 aromatic carbocycles. The molecule has 2 aromatic rings. The van der Waals surface area contributed by atoms with E-state index in [4.69, 9.17) is 16.3 Å². The van der Waals surface area contributed by atoms with Gasteiger partial charge in [0.1, 0.15) is 0 Å². The summed E-state index contributed by atoms with van der Waals surface area (Å²) in [7, 11) is 1.67. The number of anilines is 1. The summed E-state index contributed by atoms with van der Waals surface area (Å²) < 4.78 is 10.1. The molecule has 1 heterocycles. The Bertz CT molecular complexity index is 535. The minimum absolute atomic E-state index is 0.640. The number of rotatable bonds is 5. The van der Waals surface area contributed by atoms with E-state index in [2.05, 4.69) is 30.6 Å². The molecule has 0 spiro atoms. The van der Waals surface area contributed by atoms with E-state index in [0.29, 0.717) is 17.5 Å². The monoisotopic (exact) mass is 347 g/mol. The molecule has 2 rings (SSSR count). The number of nitrogens with one attached hydrogen (secondary N) is 1. The lowest BCUT2D eigenvalue weighted by Gasteiger charge is -2.00. The second kappa shape index (κ2) is 6.47. The van der Waals surface area contributed by atoms with Gasteiger partial charge in [-0.05, 0) is 34.1 Å². The Morgan fingerprint density at radius 3 is 3.06 bits per heavy atom. The zero-order valence-electron chi connectivity index (χ0n) is 9.61. The number of methoxy groups -OCH3 is 1. The summed E-state index contributed by atoms with van der Waals surface area (Å²) in [6, 6.07) is 5.62. The van der Waals surface area contributed by atoms with Crippen molar-refractivity contribution in [1.29, 1.82) is 0 Å². The third kappa shape index (κ3) is 3.41. The van der Waals surface area contributed by atoms with Gasteiger partial charge in [-0.1, -0.05) is 11.6 Å². The molecular formula is C11H11BrClN3OS. The number of hydrogen-bond acceptors (Lipinski definition) is 5. The Hall–Kier alpha value is -0.690. The highest BCUT2D eigenvalue weighted by Gasteiger charge is 2.08. The maximum atomic E-state index is 5.95. The van der Waals surface area contributed by atoms with Crippen LogP contribution in [0.3, 0.4) is 0 Å². The van der Waals surface area contributed by atoms with Crippen LogP contribution in [-0.4, -0.2) is 29.6 Å². The highest BCUT2D eigenvalue weighted by Crippen LogP contribution is 2.28. The van der Waals surface area contributed by atoms with Crippen molar-refractivity contribution in [3.05, 3.63) is 27.7 Å². The van der Waals surface area contributed by atoms with Gasteiger partial charge < -0.3 is 10.1 Å². The number of ether oxygens (including phenoxy) is 1. The largest absolute Gasteiger partial charge is 0.383 e. The van der Waals surface area contributed by atoms with Crippen molar-refractivity contribution in [3.8, 4) is 11.4 Å². The zero-order chi connectivity index (χ0) is 13.0. The summed E-state index contributed by atoms with van der Waals surface area (Å²) >= 11 is 10.7. The van der Waals surface area contributed by atoms with Crippen molar-refractivity contribution in [2.45, 2.75) is 0 Å². The molecule has 0 aliphatic heterocycles. The zero-order valence-corrected chi connectivity index (χ0v) is 12.8. The second-order valence-electron chi connectivity index (χ2n) is 3.47. The van der Waals surface area contributed by atoms with Crippen LogP contribution in [0.25, 0.3) is 11.4 Å². The highest BCUT2D eigenvalue weighted by molar-refractivity contribution is 9.10. The SMILES string of the molecule is COCCNc1nc(-c2ccc(Cl)c(Br)c2)ns1. The Morgan fingerprint density at radius 2 is 2.33 bits per heavy atom. The molecule has 0 atom stereocenters. The lowest BCUT2D eigenvalue weighted by molar-refractivity contribution is 0.211. The van der Waals surface area contributed by atoms with E-state index in [0.717, 1.165) is 21.7 Å². The number of halogens is 2. The molecule has 0 fully saturated rings. The summed E-state index contributed by atoms with van der Waals surface area (Å²) in [6.45, 7) is 1.36. The summed E-state index contributed by atoms with van der Waals surface area (Å²) in [4.78, 5) is 4.40. The van der Waals surface area contributed by atoms with Gasteiger partial charge in [-0.25, -0.2) is 0 Å². The van der Waals surface area contributed by atoms with Crippen LogP contribution < -0.4 is 5.32 Å². The molecule has 0 unspecified atom stereocenters. The van der Waals surface area contributed by atoms with Crippen LogP contribution in [0.15, 0.2) is 22.7 Å². The quantitative estimate of drug-likeness (QED) is 0.837.